The lowest BCUT2D eigenvalue weighted by molar-refractivity contribution is -0.131. The molecule has 1 saturated carbocycles. The molecule has 2 aliphatic carbocycles. The normalized spacial score (nSPS) is 29.5. The second-order valence-electron chi connectivity index (χ2n) is 9.25. The lowest BCUT2D eigenvalue weighted by Crippen LogP contribution is -2.40. The highest BCUT2D eigenvalue weighted by atomic mass is 16.4. The first kappa shape index (κ1) is 24.0. The van der Waals surface area contributed by atoms with Crippen LogP contribution in [0.25, 0.3) is 0 Å². The average molecular weight is 415 g/mol. The van der Waals surface area contributed by atoms with Crippen LogP contribution in [-0.4, -0.2) is 34.4 Å². The second kappa shape index (κ2) is 9.25. The molecular weight excluding hydrogens is 380 g/mol. The van der Waals surface area contributed by atoms with Gasteiger partial charge in [0.1, 0.15) is 11.6 Å². The molecule has 164 valence electrons. The van der Waals surface area contributed by atoms with E-state index in [1.165, 1.54) is 11.6 Å². The summed E-state index contributed by atoms with van der Waals surface area (Å²) in [5.74, 6) is -1.10. The van der Waals surface area contributed by atoms with E-state index in [1.807, 2.05) is 33.8 Å². The van der Waals surface area contributed by atoms with Gasteiger partial charge in [-0.1, -0.05) is 61.3 Å². The topological polar surface area (TPSA) is 91.7 Å². The molecule has 0 aromatic heterocycles. The van der Waals surface area contributed by atoms with Crippen molar-refractivity contribution >= 4 is 17.5 Å². The molecule has 2 N–H and O–H groups in total. The minimum atomic E-state index is -1.07. The van der Waals surface area contributed by atoms with Gasteiger partial charge in [0.15, 0.2) is 0 Å². The molecule has 0 spiro atoms. The van der Waals surface area contributed by atoms with Crippen LogP contribution in [0.3, 0.4) is 0 Å². The monoisotopic (exact) mass is 414 g/mol. The van der Waals surface area contributed by atoms with Gasteiger partial charge in [-0.3, -0.25) is 9.59 Å². The van der Waals surface area contributed by atoms with Crippen molar-refractivity contribution in [1.29, 1.82) is 0 Å². The maximum absolute atomic E-state index is 12.8. The number of aliphatic carboxylic acids is 1. The van der Waals surface area contributed by atoms with E-state index in [0.717, 1.165) is 29.2 Å². The molecule has 5 heteroatoms. The summed E-state index contributed by atoms with van der Waals surface area (Å²) in [6.07, 6.45) is 7.78. The van der Waals surface area contributed by atoms with Gasteiger partial charge < -0.3 is 10.2 Å². The Morgan fingerprint density at radius 1 is 1.27 bits per heavy atom. The summed E-state index contributed by atoms with van der Waals surface area (Å²) in [7, 11) is 0. The van der Waals surface area contributed by atoms with Gasteiger partial charge in [-0.25, -0.2) is 4.79 Å². The average Bonchev–Trinajstić information content (AvgIpc) is 2.66. The molecule has 0 aromatic rings. The molecule has 1 fully saturated rings. The zero-order chi connectivity index (χ0) is 22.8. The molecule has 0 bridgehead atoms. The highest BCUT2D eigenvalue weighted by Gasteiger charge is 2.43. The maximum Gasteiger partial charge on any atom is 0.328 e. The Balaban J connectivity index is 2.60. The lowest BCUT2D eigenvalue weighted by atomic mass is 9.60. The van der Waals surface area contributed by atoms with Crippen molar-refractivity contribution < 1.29 is 24.6 Å². The molecule has 2 aliphatic rings. The Morgan fingerprint density at radius 2 is 1.90 bits per heavy atom. The van der Waals surface area contributed by atoms with Crippen molar-refractivity contribution in [2.45, 2.75) is 54.4 Å². The van der Waals surface area contributed by atoms with E-state index in [9.17, 15) is 19.5 Å². The zero-order valence-electron chi connectivity index (χ0n) is 18.9. The number of carboxylic acids is 1. The molecule has 2 rings (SSSR count). The maximum atomic E-state index is 12.8. The summed E-state index contributed by atoms with van der Waals surface area (Å²) in [6, 6.07) is 0. The molecule has 0 heterocycles. The first-order chi connectivity index (χ1) is 13.9. The number of carbonyl (C=O) groups excluding carboxylic acids is 2. The van der Waals surface area contributed by atoms with Crippen LogP contribution >= 0.6 is 0 Å². The number of aliphatic hydroxyl groups is 1. The van der Waals surface area contributed by atoms with Crippen molar-refractivity contribution in [3.8, 4) is 0 Å². The lowest BCUT2D eigenvalue weighted by Gasteiger charge is -2.43. The van der Waals surface area contributed by atoms with E-state index >= 15 is 0 Å². The summed E-state index contributed by atoms with van der Waals surface area (Å²) in [4.78, 5) is 35.8. The van der Waals surface area contributed by atoms with E-state index in [1.54, 1.807) is 13.8 Å². The van der Waals surface area contributed by atoms with Crippen LogP contribution in [-0.2, 0) is 14.4 Å². The van der Waals surface area contributed by atoms with Crippen molar-refractivity contribution in [1.82, 2.24) is 0 Å². The Kier molecular flexibility index (Phi) is 7.40. The largest absolute Gasteiger partial charge is 0.478 e. The Labute approximate surface area is 179 Å². The standard InChI is InChI=1S/C25H34O5/c1-14-9-19-10-15(2)24(30)18(5)23(19)21(20(14)12-17(4)27)11-16(3)25(6,13-26)8-7-22(28)29/h7-9,11,15,18,21,23,26H,10,12-13H2,1-6H3,(H,28,29). The summed E-state index contributed by atoms with van der Waals surface area (Å²) >= 11 is 0. The van der Waals surface area contributed by atoms with Gasteiger partial charge in [-0.05, 0) is 33.1 Å². The van der Waals surface area contributed by atoms with Crippen LogP contribution in [0.2, 0.25) is 0 Å². The molecule has 0 amide bonds. The molecular formula is C25H34O5. The Hall–Kier alpha value is -2.27. The van der Waals surface area contributed by atoms with Gasteiger partial charge in [-0.15, -0.1) is 0 Å². The van der Waals surface area contributed by atoms with Crippen LogP contribution in [0.1, 0.15) is 54.4 Å². The van der Waals surface area contributed by atoms with Crippen molar-refractivity contribution in [3.05, 3.63) is 46.6 Å². The number of allylic oxidation sites excluding steroid dienone is 5. The second-order valence-corrected chi connectivity index (χ2v) is 9.25. The van der Waals surface area contributed by atoms with Gasteiger partial charge in [0.05, 0.1) is 6.61 Å². The molecule has 0 aromatic carbocycles. The zero-order valence-corrected chi connectivity index (χ0v) is 18.9. The summed E-state index contributed by atoms with van der Waals surface area (Å²) < 4.78 is 0. The van der Waals surface area contributed by atoms with Crippen LogP contribution < -0.4 is 0 Å². The summed E-state index contributed by atoms with van der Waals surface area (Å²) in [5.41, 5.74) is 3.28. The summed E-state index contributed by atoms with van der Waals surface area (Å²) in [5, 5.41) is 19.0. The van der Waals surface area contributed by atoms with Crippen molar-refractivity contribution in [2.24, 2.45) is 29.1 Å². The molecule has 5 nitrogen and oxygen atoms in total. The van der Waals surface area contributed by atoms with E-state index in [-0.39, 0.29) is 41.8 Å². The first-order valence-corrected chi connectivity index (χ1v) is 10.6. The fourth-order valence-electron chi connectivity index (χ4n) is 4.84. The number of rotatable bonds is 7. The van der Waals surface area contributed by atoms with E-state index in [0.29, 0.717) is 6.42 Å². The predicted molar refractivity (Wildman–Crippen MR) is 117 cm³/mol. The quantitative estimate of drug-likeness (QED) is 0.479. The fourth-order valence-corrected chi connectivity index (χ4v) is 4.84. The number of Topliss-reactive ketones (excluding diaryl/α,β-unsaturated/α-hetero) is 2. The molecule has 0 aliphatic heterocycles. The predicted octanol–water partition coefficient (Wildman–Crippen LogP) is 4.29. The van der Waals surface area contributed by atoms with Gasteiger partial charge in [0, 0.05) is 35.7 Å². The molecule has 0 radical (unpaired) electrons. The van der Waals surface area contributed by atoms with Crippen molar-refractivity contribution in [2.75, 3.05) is 6.61 Å². The fraction of sp³-hybridized carbons (Fsp3) is 0.560. The first-order valence-electron chi connectivity index (χ1n) is 10.6. The number of fused-ring (bicyclic) bond motifs is 1. The van der Waals surface area contributed by atoms with Crippen LogP contribution in [0.15, 0.2) is 46.6 Å². The highest BCUT2D eigenvalue weighted by molar-refractivity contribution is 5.86. The van der Waals surface area contributed by atoms with Crippen molar-refractivity contribution in [3.63, 3.8) is 0 Å². The Bertz CT molecular complexity index is 857. The number of hydrogen-bond acceptors (Lipinski definition) is 4. The van der Waals surface area contributed by atoms with Crippen LogP contribution in [0.4, 0.5) is 0 Å². The molecule has 5 atom stereocenters. The number of hydrogen-bond donors (Lipinski definition) is 2. The van der Waals surface area contributed by atoms with E-state index in [2.05, 4.69) is 6.08 Å². The molecule has 0 saturated heterocycles. The van der Waals surface area contributed by atoms with Crippen LogP contribution in [0, 0.1) is 29.1 Å². The number of aliphatic hydroxyl groups excluding tert-OH is 1. The molecule has 30 heavy (non-hydrogen) atoms. The third kappa shape index (κ3) is 4.89. The van der Waals surface area contributed by atoms with Gasteiger partial charge in [0.25, 0.3) is 0 Å². The Morgan fingerprint density at radius 3 is 2.43 bits per heavy atom. The minimum Gasteiger partial charge on any atom is -0.478 e. The van der Waals surface area contributed by atoms with Gasteiger partial charge in [0.2, 0.25) is 0 Å². The van der Waals surface area contributed by atoms with E-state index in [4.69, 9.17) is 5.11 Å². The number of ketones is 2. The van der Waals surface area contributed by atoms with Gasteiger partial charge >= 0.3 is 5.97 Å². The summed E-state index contributed by atoms with van der Waals surface area (Å²) in [6.45, 7) is 10.9. The molecule has 5 unspecified atom stereocenters. The number of carbonyl (C=O) groups is 3. The smallest absolute Gasteiger partial charge is 0.328 e. The third-order valence-corrected chi connectivity index (χ3v) is 6.83. The minimum absolute atomic E-state index is 0.0170. The van der Waals surface area contributed by atoms with E-state index < -0.39 is 11.4 Å². The number of carboxylic acid groups (broad SMARTS) is 1. The third-order valence-electron chi connectivity index (χ3n) is 6.83. The van der Waals surface area contributed by atoms with Gasteiger partial charge in [-0.2, -0.15) is 0 Å². The SMILES string of the molecule is CC(=O)CC1=C(C)C=C2CC(C)C(=O)C(C)C2C1C=C(C)C(C)(C=CC(=O)O)CO. The van der Waals surface area contributed by atoms with Crippen LogP contribution in [0.5, 0.6) is 0 Å². The highest BCUT2D eigenvalue weighted by Crippen LogP contribution is 2.48.